The molecule has 3 aromatic rings. The van der Waals surface area contributed by atoms with E-state index >= 15 is 0 Å². The van der Waals surface area contributed by atoms with E-state index in [1.807, 2.05) is 31.3 Å². The fourth-order valence-corrected chi connectivity index (χ4v) is 3.90. The first-order valence-corrected chi connectivity index (χ1v) is 10.2. The third-order valence-corrected chi connectivity index (χ3v) is 5.69. The van der Waals surface area contributed by atoms with Gasteiger partial charge in [0.15, 0.2) is 0 Å². The number of carboxylic acid groups (broad SMARTS) is 1. The Labute approximate surface area is 180 Å². The van der Waals surface area contributed by atoms with E-state index in [0.29, 0.717) is 12.2 Å². The largest absolute Gasteiger partial charge is 0.478 e. The number of pyridine rings is 1. The zero-order valence-corrected chi connectivity index (χ0v) is 17.4. The lowest BCUT2D eigenvalue weighted by molar-refractivity contribution is 0.0697. The molecule has 1 aliphatic rings. The van der Waals surface area contributed by atoms with Gasteiger partial charge in [-0.3, -0.25) is 4.98 Å². The molecule has 1 aromatic heterocycles. The van der Waals surface area contributed by atoms with Crippen LogP contribution in [0.2, 0.25) is 5.02 Å². The Morgan fingerprint density at radius 3 is 2.77 bits per heavy atom. The maximum Gasteiger partial charge on any atom is 0.337 e. The van der Waals surface area contributed by atoms with Crippen LogP contribution in [0.3, 0.4) is 0 Å². The van der Waals surface area contributed by atoms with Gasteiger partial charge in [-0.15, -0.1) is 0 Å². The molecule has 0 aliphatic carbocycles. The zero-order valence-electron chi connectivity index (χ0n) is 16.6. The highest BCUT2D eigenvalue weighted by Gasteiger charge is 2.21. The van der Waals surface area contributed by atoms with E-state index in [4.69, 9.17) is 11.6 Å². The van der Waals surface area contributed by atoms with E-state index in [-0.39, 0.29) is 11.6 Å². The number of nitrogens with zero attached hydrogens (tertiary/aromatic N) is 2. The monoisotopic (exact) mass is 422 g/mol. The lowest BCUT2D eigenvalue weighted by Gasteiger charge is -2.29. The van der Waals surface area contributed by atoms with E-state index in [1.165, 1.54) is 23.4 Å². The maximum absolute atomic E-state index is 11.4. The summed E-state index contributed by atoms with van der Waals surface area (Å²) < 4.78 is 0. The summed E-state index contributed by atoms with van der Waals surface area (Å²) in [5.74, 6) is -0.966. The molecule has 0 saturated carbocycles. The van der Waals surface area contributed by atoms with Gasteiger partial charge in [0.05, 0.1) is 17.4 Å². The number of carbonyl (C=O) groups is 1. The molecule has 0 radical (unpaired) electrons. The average Bonchev–Trinajstić information content (AvgIpc) is 2.77. The van der Waals surface area contributed by atoms with Crippen molar-refractivity contribution < 1.29 is 9.90 Å². The lowest BCUT2D eigenvalue weighted by atomic mass is 9.93. The lowest BCUT2D eigenvalue weighted by Crippen LogP contribution is -2.34. The number of carboxylic acids is 1. The Balaban J connectivity index is 1.52. The average molecular weight is 423 g/mol. The van der Waals surface area contributed by atoms with Gasteiger partial charge in [0, 0.05) is 42.2 Å². The number of nitrogens with one attached hydrogen (secondary N) is 2. The highest BCUT2D eigenvalue weighted by Crippen LogP contribution is 2.31. The molecule has 2 heterocycles. The molecule has 154 valence electrons. The van der Waals surface area contributed by atoms with E-state index in [1.54, 1.807) is 6.20 Å². The SMILES string of the molecule is CN(c1ccc(Cl)cc1)c1ccc2c(c1)CCN[C@@H]2CNc1cnccc1C(=O)O. The Hall–Kier alpha value is -3.09. The summed E-state index contributed by atoms with van der Waals surface area (Å²) in [5, 5.41) is 16.8. The van der Waals surface area contributed by atoms with Crippen LogP contribution in [0.25, 0.3) is 0 Å². The molecule has 30 heavy (non-hydrogen) atoms. The van der Waals surface area contributed by atoms with Crippen molar-refractivity contribution in [2.24, 2.45) is 0 Å². The van der Waals surface area contributed by atoms with Crippen LogP contribution in [0.4, 0.5) is 17.1 Å². The third kappa shape index (κ3) is 4.25. The smallest absolute Gasteiger partial charge is 0.337 e. The van der Waals surface area contributed by atoms with Gasteiger partial charge in [-0.25, -0.2) is 4.79 Å². The highest BCUT2D eigenvalue weighted by molar-refractivity contribution is 6.30. The van der Waals surface area contributed by atoms with Crippen molar-refractivity contribution in [2.45, 2.75) is 12.5 Å². The molecule has 1 atom stereocenters. The second kappa shape index (κ2) is 8.73. The number of anilines is 3. The number of halogens is 1. The quantitative estimate of drug-likeness (QED) is 0.543. The Morgan fingerprint density at radius 1 is 1.23 bits per heavy atom. The minimum atomic E-state index is -0.966. The third-order valence-electron chi connectivity index (χ3n) is 5.44. The van der Waals surface area contributed by atoms with E-state index in [0.717, 1.165) is 29.4 Å². The fourth-order valence-electron chi connectivity index (χ4n) is 3.78. The molecule has 0 amide bonds. The van der Waals surface area contributed by atoms with E-state index in [2.05, 4.69) is 38.7 Å². The first-order valence-electron chi connectivity index (χ1n) is 9.79. The fraction of sp³-hybridized carbons (Fsp3) is 0.217. The molecule has 4 rings (SSSR count). The van der Waals surface area contributed by atoms with Crippen LogP contribution in [0, 0.1) is 0 Å². The van der Waals surface area contributed by atoms with Gasteiger partial charge in [-0.1, -0.05) is 17.7 Å². The summed E-state index contributed by atoms with van der Waals surface area (Å²) in [5.41, 5.74) is 5.46. The van der Waals surface area contributed by atoms with Crippen molar-refractivity contribution in [3.63, 3.8) is 0 Å². The highest BCUT2D eigenvalue weighted by atomic mass is 35.5. The van der Waals surface area contributed by atoms with E-state index in [9.17, 15) is 9.90 Å². The van der Waals surface area contributed by atoms with Crippen molar-refractivity contribution in [1.82, 2.24) is 10.3 Å². The van der Waals surface area contributed by atoms with Gasteiger partial charge in [0.1, 0.15) is 0 Å². The molecule has 6 nitrogen and oxygen atoms in total. The van der Waals surface area contributed by atoms with Crippen LogP contribution >= 0.6 is 11.6 Å². The summed E-state index contributed by atoms with van der Waals surface area (Å²) in [6.07, 6.45) is 3.99. The Kier molecular flexibility index (Phi) is 5.88. The second-order valence-electron chi connectivity index (χ2n) is 7.28. The van der Waals surface area contributed by atoms with Crippen LogP contribution in [0.1, 0.15) is 27.5 Å². The molecular formula is C23H23ClN4O2. The van der Waals surface area contributed by atoms with E-state index < -0.39 is 5.97 Å². The summed E-state index contributed by atoms with van der Waals surface area (Å²) in [7, 11) is 2.04. The van der Waals surface area contributed by atoms with Gasteiger partial charge < -0.3 is 20.6 Å². The van der Waals surface area contributed by atoms with Crippen molar-refractivity contribution in [3.8, 4) is 0 Å². The van der Waals surface area contributed by atoms with Gasteiger partial charge >= 0.3 is 5.97 Å². The predicted octanol–water partition coefficient (Wildman–Crippen LogP) is 4.50. The van der Waals surface area contributed by atoms with Crippen LogP contribution in [0.15, 0.2) is 60.9 Å². The predicted molar refractivity (Wildman–Crippen MR) is 120 cm³/mol. The van der Waals surface area contributed by atoms with Crippen molar-refractivity contribution in [3.05, 3.63) is 82.6 Å². The Bertz CT molecular complexity index is 1060. The Morgan fingerprint density at radius 2 is 2.00 bits per heavy atom. The van der Waals surface area contributed by atoms with Crippen molar-refractivity contribution in [2.75, 3.05) is 30.4 Å². The number of rotatable bonds is 6. The molecule has 3 N–H and O–H groups in total. The van der Waals surface area contributed by atoms with Crippen molar-refractivity contribution >= 4 is 34.6 Å². The second-order valence-corrected chi connectivity index (χ2v) is 7.72. The maximum atomic E-state index is 11.4. The van der Waals surface area contributed by atoms with Crippen LogP contribution < -0.4 is 15.5 Å². The molecule has 0 saturated heterocycles. The topological polar surface area (TPSA) is 77.5 Å². The number of benzene rings is 2. The first kappa shape index (κ1) is 20.2. The van der Waals surface area contributed by atoms with Crippen LogP contribution in [0.5, 0.6) is 0 Å². The molecule has 2 aromatic carbocycles. The van der Waals surface area contributed by atoms with Gasteiger partial charge in [-0.05, 0) is 66.6 Å². The van der Waals surface area contributed by atoms with Crippen LogP contribution in [-0.2, 0) is 6.42 Å². The molecule has 1 aliphatic heterocycles. The summed E-state index contributed by atoms with van der Waals surface area (Å²) in [6, 6.07) is 15.9. The molecule has 0 unspecified atom stereocenters. The summed E-state index contributed by atoms with van der Waals surface area (Å²) in [6.45, 7) is 1.44. The number of hydrogen-bond acceptors (Lipinski definition) is 5. The first-order chi connectivity index (χ1) is 14.5. The van der Waals surface area contributed by atoms with Crippen LogP contribution in [-0.4, -0.2) is 36.2 Å². The van der Waals surface area contributed by atoms with Gasteiger partial charge in [-0.2, -0.15) is 0 Å². The molecule has 0 spiro atoms. The van der Waals surface area contributed by atoms with Crippen molar-refractivity contribution in [1.29, 1.82) is 0 Å². The molecule has 0 fully saturated rings. The minimum Gasteiger partial charge on any atom is -0.478 e. The van der Waals surface area contributed by atoms with Gasteiger partial charge in [0.25, 0.3) is 0 Å². The zero-order chi connectivity index (χ0) is 21.1. The number of fused-ring (bicyclic) bond motifs is 1. The molecule has 0 bridgehead atoms. The normalized spacial score (nSPS) is 15.3. The number of aromatic nitrogens is 1. The molecular weight excluding hydrogens is 400 g/mol. The standard InChI is InChI=1S/C23H23ClN4O2/c1-28(17-4-2-16(24)3-5-17)18-6-7-19-15(12-18)8-11-26-22(19)14-27-21-13-25-10-9-20(21)23(29)30/h2-7,9-10,12-13,22,26-27H,8,11,14H2,1H3,(H,29,30)/t22-/m1/s1. The minimum absolute atomic E-state index is 0.0884. The number of hydrogen-bond donors (Lipinski definition) is 3. The van der Waals surface area contributed by atoms with Gasteiger partial charge in [0.2, 0.25) is 0 Å². The summed E-state index contributed by atoms with van der Waals surface area (Å²) in [4.78, 5) is 17.6. The molecule has 7 heteroatoms. The number of aromatic carboxylic acids is 1. The summed E-state index contributed by atoms with van der Waals surface area (Å²) >= 11 is 6.01.